The molecule has 0 saturated carbocycles. The fourth-order valence-corrected chi connectivity index (χ4v) is 1.55. The maximum Gasteiger partial charge on any atom is 0.333 e. The van der Waals surface area contributed by atoms with E-state index < -0.39 is 4.92 Å². The number of nitrogens with one attached hydrogen (secondary N) is 1. The van der Waals surface area contributed by atoms with Gasteiger partial charge in [-0.1, -0.05) is 6.07 Å². The molecule has 100 valence electrons. The molecule has 6 nitrogen and oxygen atoms in total. The van der Waals surface area contributed by atoms with Crippen molar-refractivity contribution in [2.24, 2.45) is 0 Å². The van der Waals surface area contributed by atoms with Crippen LogP contribution in [-0.2, 0) is 4.74 Å². The Balaban J connectivity index is 2.82. The van der Waals surface area contributed by atoms with Crippen molar-refractivity contribution in [1.29, 1.82) is 0 Å². The van der Waals surface area contributed by atoms with E-state index in [1.807, 2.05) is 6.92 Å². The van der Waals surface area contributed by atoms with Crippen LogP contribution in [0.4, 0.5) is 11.4 Å². The fourth-order valence-electron chi connectivity index (χ4n) is 1.55. The van der Waals surface area contributed by atoms with Crippen LogP contribution in [0, 0.1) is 10.1 Å². The van der Waals surface area contributed by atoms with Crippen LogP contribution in [0.5, 0.6) is 5.75 Å². The molecule has 1 aromatic carbocycles. The number of para-hydroxylation sites is 1. The lowest BCUT2D eigenvalue weighted by atomic mass is 10.2. The van der Waals surface area contributed by atoms with Gasteiger partial charge in [-0.15, -0.1) is 0 Å². The second-order valence-corrected chi connectivity index (χ2v) is 3.63. The van der Waals surface area contributed by atoms with Crippen LogP contribution in [0.3, 0.4) is 0 Å². The lowest BCUT2D eigenvalue weighted by Gasteiger charge is -2.10. The number of nitro benzene ring substituents is 1. The Morgan fingerprint density at radius 2 is 2.17 bits per heavy atom. The van der Waals surface area contributed by atoms with Gasteiger partial charge in [-0.2, -0.15) is 0 Å². The molecule has 1 N–H and O–H groups in total. The summed E-state index contributed by atoms with van der Waals surface area (Å²) in [6.45, 7) is 3.47. The number of benzene rings is 1. The predicted octanol–water partition coefficient (Wildman–Crippen LogP) is 2.44. The quantitative estimate of drug-likeness (QED) is 0.438. The maximum absolute atomic E-state index is 11.1. The van der Waals surface area contributed by atoms with Crippen LogP contribution >= 0.6 is 0 Å². The number of rotatable bonds is 8. The minimum absolute atomic E-state index is 0.0169. The normalized spacial score (nSPS) is 10.1. The van der Waals surface area contributed by atoms with E-state index in [0.717, 1.165) is 0 Å². The Labute approximate surface area is 106 Å². The van der Waals surface area contributed by atoms with Crippen LogP contribution in [0.2, 0.25) is 0 Å². The molecular weight excluding hydrogens is 236 g/mol. The maximum atomic E-state index is 11.1. The summed E-state index contributed by atoms with van der Waals surface area (Å²) >= 11 is 0. The number of ether oxygens (including phenoxy) is 2. The molecule has 0 spiro atoms. The lowest BCUT2D eigenvalue weighted by Crippen LogP contribution is -2.06. The van der Waals surface area contributed by atoms with Crippen molar-refractivity contribution in [2.45, 2.75) is 13.3 Å². The first-order valence-electron chi connectivity index (χ1n) is 5.83. The highest BCUT2D eigenvalue weighted by molar-refractivity contribution is 5.68. The molecule has 0 heterocycles. The largest absolute Gasteiger partial charge is 0.487 e. The van der Waals surface area contributed by atoms with Crippen molar-refractivity contribution in [2.75, 3.05) is 32.2 Å². The lowest BCUT2D eigenvalue weighted by molar-refractivity contribution is -0.385. The number of nitro groups is 1. The number of hydrogen-bond acceptors (Lipinski definition) is 5. The monoisotopic (exact) mass is 254 g/mol. The zero-order valence-corrected chi connectivity index (χ0v) is 10.6. The van der Waals surface area contributed by atoms with Gasteiger partial charge in [0.2, 0.25) is 0 Å². The van der Waals surface area contributed by atoms with E-state index in [2.05, 4.69) is 5.32 Å². The van der Waals surface area contributed by atoms with Gasteiger partial charge in [-0.25, -0.2) is 0 Å². The molecule has 0 aromatic heterocycles. The third-order valence-electron chi connectivity index (χ3n) is 2.30. The first kappa shape index (κ1) is 14.2. The molecule has 0 unspecified atom stereocenters. The summed E-state index contributed by atoms with van der Waals surface area (Å²) < 4.78 is 10.3. The smallest absolute Gasteiger partial charge is 0.333 e. The van der Waals surface area contributed by atoms with Gasteiger partial charge in [0.15, 0.2) is 5.75 Å². The average molecular weight is 254 g/mol. The van der Waals surface area contributed by atoms with Gasteiger partial charge < -0.3 is 14.8 Å². The Morgan fingerprint density at radius 3 is 2.78 bits per heavy atom. The van der Waals surface area contributed by atoms with Gasteiger partial charge in [0.1, 0.15) is 5.69 Å². The zero-order valence-electron chi connectivity index (χ0n) is 10.6. The van der Waals surface area contributed by atoms with Gasteiger partial charge in [0.25, 0.3) is 0 Å². The first-order valence-corrected chi connectivity index (χ1v) is 5.83. The molecule has 0 fully saturated rings. The SMILES string of the molecule is CCNc1cccc(OCCCOC)c1[N+](=O)[O-]. The van der Waals surface area contributed by atoms with Crippen LogP contribution < -0.4 is 10.1 Å². The second-order valence-electron chi connectivity index (χ2n) is 3.63. The van der Waals surface area contributed by atoms with E-state index in [0.29, 0.717) is 31.9 Å². The molecular formula is C12H18N2O4. The molecule has 18 heavy (non-hydrogen) atoms. The van der Waals surface area contributed by atoms with Crippen molar-refractivity contribution in [3.05, 3.63) is 28.3 Å². The summed E-state index contributed by atoms with van der Waals surface area (Å²) in [6.07, 6.45) is 0.694. The van der Waals surface area contributed by atoms with Gasteiger partial charge in [-0.05, 0) is 19.1 Å². The number of anilines is 1. The van der Waals surface area contributed by atoms with Crippen LogP contribution in [0.15, 0.2) is 18.2 Å². The summed E-state index contributed by atoms with van der Waals surface area (Å²) in [4.78, 5) is 10.6. The number of hydrogen-bond donors (Lipinski definition) is 1. The van der Waals surface area contributed by atoms with Crippen LogP contribution in [-0.4, -0.2) is 31.8 Å². The molecule has 0 aliphatic rings. The second kappa shape index (κ2) is 7.50. The first-order chi connectivity index (χ1) is 8.70. The number of nitrogens with zero attached hydrogens (tertiary/aromatic N) is 1. The summed E-state index contributed by atoms with van der Waals surface area (Å²) in [5.41, 5.74) is 0.462. The summed E-state index contributed by atoms with van der Waals surface area (Å²) in [5.74, 6) is 0.287. The highest BCUT2D eigenvalue weighted by Gasteiger charge is 2.20. The van der Waals surface area contributed by atoms with Crippen LogP contribution in [0.25, 0.3) is 0 Å². The highest BCUT2D eigenvalue weighted by atomic mass is 16.6. The third-order valence-corrected chi connectivity index (χ3v) is 2.30. The van der Waals surface area contributed by atoms with Crippen molar-refractivity contribution < 1.29 is 14.4 Å². The molecule has 0 aliphatic carbocycles. The summed E-state index contributed by atoms with van der Waals surface area (Å²) in [6, 6.07) is 5.01. The van der Waals surface area contributed by atoms with E-state index in [4.69, 9.17) is 9.47 Å². The van der Waals surface area contributed by atoms with Crippen molar-refractivity contribution in [1.82, 2.24) is 0 Å². The zero-order chi connectivity index (χ0) is 13.4. The Kier molecular flexibility index (Phi) is 5.93. The van der Waals surface area contributed by atoms with Crippen LogP contribution in [0.1, 0.15) is 13.3 Å². The molecule has 1 aromatic rings. The van der Waals surface area contributed by atoms with E-state index in [9.17, 15) is 10.1 Å². The summed E-state index contributed by atoms with van der Waals surface area (Å²) in [5, 5.41) is 14.0. The van der Waals surface area contributed by atoms with Crippen molar-refractivity contribution in [3.63, 3.8) is 0 Å². The molecule has 0 amide bonds. The standard InChI is InChI=1S/C12H18N2O4/c1-3-13-10-6-4-7-11(12(10)14(15)16)18-9-5-8-17-2/h4,6-7,13H,3,5,8-9H2,1-2H3. The minimum Gasteiger partial charge on any atom is -0.487 e. The van der Waals surface area contributed by atoms with Gasteiger partial charge in [0, 0.05) is 26.7 Å². The highest BCUT2D eigenvalue weighted by Crippen LogP contribution is 2.34. The Morgan fingerprint density at radius 1 is 1.39 bits per heavy atom. The van der Waals surface area contributed by atoms with E-state index in [1.54, 1.807) is 25.3 Å². The Hall–Kier alpha value is -1.82. The van der Waals surface area contributed by atoms with Crippen molar-refractivity contribution in [3.8, 4) is 5.75 Å². The minimum atomic E-state index is -0.427. The van der Waals surface area contributed by atoms with Crippen molar-refractivity contribution >= 4 is 11.4 Å². The molecule has 0 aliphatic heterocycles. The Bertz CT molecular complexity index is 396. The van der Waals surface area contributed by atoms with E-state index >= 15 is 0 Å². The average Bonchev–Trinajstić information content (AvgIpc) is 2.35. The number of methoxy groups -OCH3 is 1. The van der Waals surface area contributed by atoms with Gasteiger partial charge in [-0.3, -0.25) is 10.1 Å². The summed E-state index contributed by atoms with van der Waals surface area (Å²) in [7, 11) is 1.61. The fraction of sp³-hybridized carbons (Fsp3) is 0.500. The molecule has 0 radical (unpaired) electrons. The predicted molar refractivity (Wildman–Crippen MR) is 69.2 cm³/mol. The topological polar surface area (TPSA) is 73.6 Å². The molecule has 1 rings (SSSR count). The molecule has 6 heteroatoms. The molecule has 0 atom stereocenters. The van der Waals surface area contributed by atoms with Gasteiger partial charge >= 0.3 is 5.69 Å². The van der Waals surface area contributed by atoms with E-state index in [-0.39, 0.29) is 11.4 Å². The molecule has 0 bridgehead atoms. The van der Waals surface area contributed by atoms with Gasteiger partial charge in [0.05, 0.1) is 11.5 Å². The third kappa shape index (κ3) is 3.89. The van der Waals surface area contributed by atoms with E-state index in [1.165, 1.54) is 0 Å². The molecule has 0 saturated heterocycles.